The monoisotopic (exact) mass is 156 g/mol. The van der Waals surface area contributed by atoms with E-state index >= 15 is 0 Å². The Balaban J connectivity index is 2.79. The summed E-state index contributed by atoms with van der Waals surface area (Å²) in [4.78, 5) is 0. The zero-order valence-electron chi connectivity index (χ0n) is 7.05. The summed E-state index contributed by atoms with van der Waals surface area (Å²) in [6, 6.07) is 9.95. The lowest BCUT2D eigenvalue weighted by Crippen LogP contribution is -1.86. The van der Waals surface area contributed by atoms with E-state index in [1.807, 2.05) is 26.0 Å². The highest BCUT2D eigenvalue weighted by molar-refractivity contribution is 5.76. The second kappa shape index (κ2) is 2.46. The van der Waals surface area contributed by atoms with E-state index in [-0.39, 0.29) is 0 Å². The molecule has 1 heterocycles. The van der Waals surface area contributed by atoms with E-state index in [9.17, 15) is 0 Å². The zero-order chi connectivity index (χ0) is 8.55. The van der Waals surface area contributed by atoms with Gasteiger partial charge in [0.15, 0.2) is 0 Å². The normalized spacial score (nSPS) is 9.83. The topological polar surface area (TPSA) is 25.8 Å². The van der Waals surface area contributed by atoms with Crippen LogP contribution in [0.2, 0.25) is 0 Å². The van der Waals surface area contributed by atoms with Crippen molar-refractivity contribution in [2.45, 2.75) is 13.8 Å². The maximum absolute atomic E-state index is 4.04. The van der Waals surface area contributed by atoms with Crippen molar-refractivity contribution in [3.8, 4) is 0 Å². The molecule has 0 amide bonds. The Morgan fingerprint density at radius 1 is 1.08 bits per heavy atom. The van der Waals surface area contributed by atoms with Crippen LogP contribution in [0.5, 0.6) is 0 Å². The first kappa shape index (κ1) is 7.05. The zero-order valence-corrected chi connectivity index (χ0v) is 7.05. The molecule has 12 heavy (non-hydrogen) atoms. The van der Waals surface area contributed by atoms with Gasteiger partial charge in [0, 0.05) is 5.56 Å². The summed E-state index contributed by atoms with van der Waals surface area (Å²) in [5.74, 6) is 0. The van der Waals surface area contributed by atoms with Crippen LogP contribution >= 0.6 is 0 Å². The molecule has 0 N–H and O–H groups in total. The maximum Gasteiger partial charge on any atom is 0.102 e. The molecule has 1 aromatic carbocycles. The Bertz CT molecular complexity index is 380. The minimum absolute atomic E-state index is 0.886. The van der Waals surface area contributed by atoms with Crippen LogP contribution in [0, 0.1) is 26.0 Å². The van der Waals surface area contributed by atoms with Gasteiger partial charge in [0.1, 0.15) is 5.52 Å². The first-order valence-electron chi connectivity index (χ1n) is 3.80. The van der Waals surface area contributed by atoms with Crippen LogP contribution in [-0.2, 0) is 0 Å². The largest absolute Gasteiger partial charge is 0.155 e. The van der Waals surface area contributed by atoms with Crippen molar-refractivity contribution >= 4 is 10.9 Å². The van der Waals surface area contributed by atoms with Crippen LogP contribution in [0.25, 0.3) is 10.9 Å². The second-order valence-electron chi connectivity index (χ2n) is 2.86. The van der Waals surface area contributed by atoms with E-state index in [0.717, 1.165) is 22.2 Å². The Hall–Kier alpha value is -1.62. The molecule has 0 unspecified atom stereocenters. The number of rotatable bonds is 0. The summed E-state index contributed by atoms with van der Waals surface area (Å²) >= 11 is 0. The Morgan fingerprint density at radius 2 is 1.92 bits per heavy atom. The Morgan fingerprint density at radius 3 is 2.75 bits per heavy atom. The predicted octanol–water partition coefficient (Wildman–Crippen LogP) is 1.85. The van der Waals surface area contributed by atoms with Gasteiger partial charge in [-0.05, 0) is 26.0 Å². The molecule has 0 radical (unpaired) electrons. The van der Waals surface area contributed by atoms with E-state index in [2.05, 4.69) is 22.3 Å². The highest BCUT2D eigenvalue weighted by Crippen LogP contribution is 2.08. The van der Waals surface area contributed by atoms with E-state index in [0.29, 0.717) is 0 Å². The first-order chi connectivity index (χ1) is 5.75. The van der Waals surface area contributed by atoms with Crippen molar-refractivity contribution in [2.24, 2.45) is 0 Å². The second-order valence-corrected chi connectivity index (χ2v) is 2.86. The van der Waals surface area contributed by atoms with Crippen molar-refractivity contribution in [1.29, 1.82) is 0 Å². The van der Waals surface area contributed by atoms with Gasteiger partial charge in [0.25, 0.3) is 0 Å². The van der Waals surface area contributed by atoms with Crippen molar-refractivity contribution in [3.63, 3.8) is 0 Å². The summed E-state index contributed by atoms with van der Waals surface area (Å²) in [6.07, 6.45) is 0. The number of aryl methyl sites for hydroxylation is 2. The molecule has 58 valence electrons. The van der Waals surface area contributed by atoms with E-state index in [4.69, 9.17) is 0 Å². The summed E-state index contributed by atoms with van der Waals surface area (Å²) in [5, 5.41) is 8.98. The van der Waals surface area contributed by atoms with Gasteiger partial charge in [-0.3, -0.25) is 0 Å². The number of hydrogen-bond donors (Lipinski definition) is 0. The molecule has 0 spiro atoms. The molecule has 0 aliphatic rings. The van der Waals surface area contributed by atoms with Gasteiger partial charge in [-0.15, -0.1) is 5.10 Å². The highest BCUT2D eigenvalue weighted by Gasteiger charge is 1.94. The van der Waals surface area contributed by atoms with E-state index in [1.54, 1.807) is 0 Å². The molecule has 2 heteroatoms. The molecule has 1 aromatic heterocycles. The van der Waals surface area contributed by atoms with Crippen LogP contribution in [0.3, 0.4) is 0 Å². The summed E-state index contributed by atoms with van der Waals surface area (Å²) in [7, 11) is 0. The minimum atomic E-state index is 0.886. The van der Waals surface area contributed by atoms with Gasteiger partial charge in [0.05, 0.1) is 11.1 Å². The third kappa shape index (κ3) is 1.10. The molecular weight excluding hydrogens is 148 g/mol. The third-order valence-electron chi connectivity index (χ3n) is 1.69. The average molecular weight is 156 g/mol. The molecule has 2 nitrogen and oxygen atoms in total. The quantitative estimate of drug-likeness (QED) is 0.581. The molecule has 0 fully saturated rings. The molecule has 0 aliphatic carbocycles. The van der Waals surface area contributed by atoms with Crippen molar-refractivity contribution in [3.05, 3.63) is 35.5 Å². The van der Waals surface area contributed by atoms with Gasteiger partial charge in [0.2, 0.25) is 0 Å². The molecule has 0 bridgehead atoms. The molecular formula is C10H8N2. The standard InChI is InChI=1S/C10H8N2/c1-7-3-4-9-6-8(2)11-12-10(9)5-7/h5-6H,1-2H3. The van der Waals surface area contributed by atoms with Crippen molar-refractivity contribution in [1.82, 2.24) is 10.2 Å². The smallest absolute Gasteiger partial charge is 0.102 e. The fraction of sp³-hybridized carbons (Fsp3) is 0.200. The predicted molar refractivity (Wildman–Crippen MR) is 46.7 cm³/mol. The summed E-state index contributed by atoms with van der Waals surface area (Å²) in [5.41, 5.74) is 2.84. The number of hydrogen-bond acceptors (Lipinski definition) is 2. The van der Waals surface area contributed by atoms with Crippen molar-refractivity contribution in [2.75, 3.05) is 0 Å². The summed E-state index contributed by atoms with van der Waals surface area (Å²) < 4.78 is 0. The van der Waals surface area contributed by atoms with E-state index < -0.39 is 0 Å². The van der Waals surface area contributed by atoms with Crippen LogP contribution in [0.15, 0.2) is 12.1 Å². The average Bonchev–Trinajstić information content (AvgIpc) is 2.05. The lowest BCUT2D eigenvalue weighted by atomic mass is 10.2. The number of aromatic nitrogens is 2. The third-order valence-corrected chi connectivity index (χ3v) is 1.69. The van der Waals surface area contributed by atoms with Crippen LogP contribution in [0.1, 0.15) is 11.3 Å². The van der Waals surface area contributed by atoms with Gasteiger partial charge in [-0.25, -0.2) is 0 Å². The van der Waals surface area contributed by atoms with Crippen molar-refractivity contribution < 1.29 is 0 Å². The molecule has 0 saturated carbocycles. The Kier molecular flexibility index (Phi) is 1.44. The van der Waals surface area contributed by atoms with E-state index in [1.165, 1.54) is 0 Å². The fourth-order valence-electron chi connectivity index (χ4n) is 1.11. The molecule has 0 aliphatic heterocycles. The minimum Gasteiger partial charge on any atom is -0.155 e. The highest BCUT2D eigenvalue weighted by atomic mass is 15.1. The fourth-order valence-corrected chi connectivity index (χ4v) is 1.11. The van der Waals surface area contributed by atoms with Crippen LogP contribution in [0.4, 0.5) is 0 Å². The maximum atomic E-state index is 4.04. The lowest BCUT2D eigenvalue weighted by Gasteiger charge is -1.93. The van der Waals surface area contributed by atoms with Gasteiger partial charge < -0.3 is 0 Å². The Labute approximate surface area is 71.3 Å². The lowest BCUT2D eigenvalue weighted by molar-refractivity contribution is 1.02. The summed E-state index contributed by atoms with van der Waals surface area (Å²) in [6.45, 7) is 3.89. The number of fused-ring (bicyclic) bond motifs is 1. The first-order valence-corrected chi connectivity index (χ1v) is 3.80. The molecule has 2 rings (SSSR count). The SMILES string of the molecule is Cc1c#cc2cc(C)nnc2c1. The molecule has 0 atom stereocenters. The molecule has 2 aromatic rings. The van der Waals surface area contributed by atoms with Gasteiger partial charge in [-0.2, -0.15) is 5.10 Å². The van der Waals surface area contributed by atoms with Crippen LogP contribution in [-0.4, -0.2) is 10.2 Å². The van der Waals surface area contributed by atoms with Gasteiger partial charge in [-0.1, -0.05) is 12.1 Å². The van der Waals surface area contributed by atoms with Crippen LogP contribution < -0.4 is 0 Å². The molecule has 0 saturated heterocycles. The van der Waals surface area contributed by atoms with Gasteiger partial charge >= 0.3 is 0 Å². The number of nitrogens with zero attached hydrogens (tertiary/aromatic N) is 2.